The van der Waals surface area contributed by atoms with Gasteiger partial charge >= 0.3 is 5.69 Å². The van der Waals surface area contributed by atoms with Gasteiger partial charge in [-0.2, -0.15) is 4.98 Å². The van der Waals surface area contributed by atoms with Crippen molar-refractivity contribution in [2.75, 3.05) is 0 Å². The Morgan fingerprint density at radius 1 is 0.879 bits per heavy atom. The van der Waals surface area contributed by atoms with Gasteiger partial charge in [0.25, 0.3) is 11.1 Å². The highest BCUT2D eigenvalue weighted by atomic mass is 16.3. The van der Waals surface area contributed by atoms with Crippen LogP contribution in [0.15, 0.2) is 44.7 Å². The van der Waals surface area contributed by atoms with E-state index >= 15 is 0 Å². The van der Waals surface area contributed by atoms with E-state index in [-0.39, 0.29) is 41.5 Å². The second-order valence-corrected chi connectivity index (χ2v) is 8.13. The van der Waals surface area contributed by atoms with Gasteiger partial charge < -0.3 is 5.11 Å². The molecular formula is C24H29N5O4. The molecule has 0 aliphatic rings. The Balaban J connectivity index is 2.15. The van der Waals surface area contributed by atoms with E-state index < -0.39 is 16.8 Å². The summed E-state index contributed by atoms with van der Waals surface area (Å²) < 4.78 is 5.34. The molecule has 33 heavy (non-hydrogen) atoms. The Hall–Kier alpha value is -3.62. The molecule has 0 spiro atoms. The normalized spacial score (nSPS) is 11.6. The van der Waals surface area contributed by atoms with E-state index in [0.29, 0.717) is 13.0 Å². The second kappa shape index (κ2) is 9.09. The summed E-state index contributed by atoms with van der Waals surface area (Å²) in [6.45, 7) is 6.31. The van der Waals surface area contributed by atoms with E-state index in [1.165, 1.54) is 8.97 Å². The number of aromatic nitrogens is 5. The van der Waals surface area contributed by atoms with E-state index in [1.807, 2.05) is 30.3 Å². The third-order valence-electron chi connectivity index (χ3n) is 6.08. The number of rotatable bonds is 8. The fourth-order valence-electron chi connectivity index (χ4n) is 4.34. The quantitative estimate of drug-likeness (QED) is 0.415. The summed E-state index contributed by atoms with van der Waals surface area (Å²) in [4.78, 5) is 44.3. The molecule has 4 aromatic rings. The van der Waals surface area contributed by atoms with Crippen molar-refractivity contribution in [1.29, 1.82) is 0 Å². The lowest BCUT2D eigenvalue weighted by Gasteiger charge is -2.15. The highest BCUT2D eigenvalue weighted by Crippen LogP contribution is 2.23. The summed E-state index contributed by atoms with van der Waals surface area (Å²) in [6, 6.07) is 9.52. The summed E-state index contributed by atoms with van der Waals surface area (Å²) in [5, 5.41) is 11.2. The highest BCUT2D eigenvalue weighted by molar-refractivity contribution is 5.75. The third kappa shape index (κ3) is 3.67. The van der Waals surface area contributed by atoms with Gasteiger partial charge in [-0.25, -0.2) is 9.20 Å². The van der Waals surface area contributed by atoms with Gasteiger partial charge in [-0.3, -0.25) is 23.3 Å². The molecule has 174 valence electrons. The van der Waals surface area contributed by atoms with Crippen molar-refractivity contribution >= 4 is 16.9 Å². The van der Waals surface area contributed by atoms with Crippen molar-refractivity contribution in [3.05, 3.63) is 72.7 Å². The monoisotopic (exact) mass is 451 g/mol. The maximum absolute atomic E-state index is 13.6. The fraction of sp³-hybridized carbons (Fsp3) is 0.417. The van der Waals surface area contributed by atoms with E-state index in [0.717, 1.165) is 29.4 Å². The van der Waals surface area contributed by atoms with Crippen molar-refractivity contribution in [2.45, 2.75) is 66.1 Å². The maximum atomic E-state index is 13.6. The van der Waals surface area contributed by atoms with E-state index in [2.05, 4.69) is 11.9 Å². The predicted octanol–water partition coefficient (Wildman–Crippen LogP) is 2.50. The van der Waals surface area contributed by atoms with E-state index in [1.54, 1.807) is 18.4 Å². The second-order valence-electron chi connectivity index (χ2n) is 8.13. The number of benzene rings is 1. The first-order chi connectivity index (χ1) is 15.9. The van der Waals surface area contributed by atoms with Gasteiger partial charge in [0.2, 0.25) is 11.7 Å². The zero-order valence-corrected chi connectivity index (χ0v) is 19.2. The number of aryl methyl sites for hydroxylation is 1. The summed E-state index contributed by atoms with van der Waals surface area (Å²) in [5.74, 6) is -0.00729. The van der Waals surface area contributed by atoms with Crippen LogP contribution in [-0.4, -0.2) is 28.2 Å². The molecule has 3 aromatic heterocycles. The number of fused-ring (bicyclic) bond motifs is 3. The predicted molar refractivity (Wildman–Crippen MR) is 127 cm³/mol. The van der Waals surface area contributed by atoms with Crippen LogP contribution in [0.25, 0.3) is 16.9 Å². The molecule has 0 saturated carbocycles. The van der Waals surface area contributed by atoms with Crippen molar-refractivity contribution in [3.8, 4) is 5.88 Å². The first-order valence-electron chi connectivity index (χ1n) is 11.5. The Kier molecular flexibility index (Phi) is 6.22. The first-order valence-corrected chi connectivity index (χ1v) is 11.5. The average Bonchev–Trinajstić information content (AvgIpc) is 3.21. The molecule has 1 aromatic carbocycles. The number of unbranched alkanes of at least 4 members (excludes halogenated alkanes) is 2. The van der Waals surface area contributed by atoms with Crippen LogP contribution in [0.1, 0.15) is 51.2 Å². The molecule has 0 fully saturated rings. The van der Waals surface area contributed by atoms with Gasteiger partial charge in [-0.15, -0.1) is 0 Å². The largest absolute Gasteiger partial charge is 0.494 e. The SMILES string of the molecule is CCCCCc1c(O)n(Cc2ccccc2)c2nc3c(c(=O)n(CC)c(=O)n3CC)n2c1=O. The lowest BCUT2D eigenvalue weighted by atomic mass is 10.1. The summed E-state index contributed by atoms with van der Waals surface area (Å²) >= 11 is 0. The van der Waals surface area contributed by atoms with Crippen molar-refractivity contribution in [2.24, 2.45) is 0 Å². The van der Waals surface area contributed by atoms with Crippen molar-refractivity contribution in [1.82, 2.24) is 23.1 Å². The minimum absolute atomic E-state index is 0.0665. The minimum Gasteiger partial charge on any atom is -0.494 e. The summed E-state index contributed by atoms with van der Waals surface area (Å²) in [6.07, 6.45) is 3.01. The molecule has 4 rings (SSSR count). The van der Waals surface area contributed by atoms with Crippen molar-refractivity contribution in [3.63, 3.8) is 0 Å². The molecule has 0 atom stereocenters. The van der Waals surface area contributed by atoms with Gasteiger partial charge in [0.1, 0.15) is 0 Å². The minimum atomic E-state index is -0.553. The highest BCUT2D eigenvalue weighted by Gasteiger charge is 2.24. The zero-order chi connectivity index (χ0) is 23.7. The summed E-state index contributed by atoms with van der Waals surface area (Å²) in [5.41, 5.74) is -0.102. The van der Waals surface area contributed by atoms with Crippen LogP contribution in [0.3, 0.4) is 0 Å². The topological polar surface area (TPSA) is 104 Å². The average molecular weight is 452 g/mol. The number of hydrogen-bond donors (Lipinski definition) is 1. The fourth-order valence-corrected chi connectivity index (χ4v) is 4.34. The lowest BCUT2D eigenvalue weighted by Crippen LogP contribution is -2.40. The number of nitrogens with zero attached hydrogens (tertiary/aromatic N) is 5. The van der Waals surface area contributed by atoms with E-state index in [4.69, 9.17) is 0 Å². The molecule has 0 amide bonds. The molecular weight excluding hydrogens is 422 g/mol. The molecule has 0 saturated heterocycles. The molecule has 0 radical (unpaired) electrons. The van der Waals surface area contributed by atoms with E-state index in [9.17, 15) is 19.5 Å². The number of aromatic hydroxyl groups is 1. The molecule has 9 heteroatoms. The van der Waals surface area contributed by atoms with Crippen molar-refractivity contribution < 1.29 is 5.11 Å². The van der Waals surface area contributed by atoms with Crippen LogP contribution in [0.5, 0.6) is 5.88 Å². The van der Waals surface area contributed by atoms with Gasteiger partial charge in [-0.05, 0) is 32.3 Å². The molecule has 3 heterocycles. The Morgan fingerprint density at radius 3 is 2.21 bits per heavy atom. The Bertz CT molecular complexity index is 1490. The Morgan fingerprint density at radius 2 is 1.58 bits per heavy atom. The van der Waals surface area contributed by atoms with Crippen LogP contribution in [0, 0.1) is 0 Å². The lowest BCUT2D eigenvalue weighted by molar-refractivity contribution is 0.410. The first kappa shape index (κ1) is 22.6. The van der Waals surface area contributed by atoms with Gasteiger partial charge in [0.15, 0.2) is 11.2 Å². The number of hydrogen-bond acceptors (Lipinski definition) is 5. The van der Waals surface area contributed by atoms with Crippen LogP contribution in [0.4, 0.5) is 0 Å². The van der Waals surface area contributed by atoms with Crippen LogP contribution < -0.4 is 16.8 Å². The molecule has 0 unspecified atom stereocenters. The summed E-state index contributed by atoms with van der Waals surface area (Å²) in [7, 11) is 0. The molecule has 9 nitrogen and oxygen atoms in total. The van der Waals surface area contributed by atoms with Gasteiger partial charge in [-0.1, -0.05) is 50.1 Å². The molecule has 1 N–H and O–H groups in total. The van der Waals surface area contributed by atoms with Crippen LogP contribution in [0.2, 0.25) is 0 Å². The molecule has 0 aliphatic heterocycles. The Labute approximate surface area is 190 Å². The zero-order valence-electron chi connectivity index (χ0n) is 19.2. The molecule has 0 aliphatic carbocycles. The number of imidazole rings is 1. The van der Waals surface area contributed by atoms with Gasteiger partial charge in [0, 0.05) is 13.1 Å². The maximum Gasteiger partial charge on any atom is 0.332 e. The van der Waals surface area contributed by atoms with Crippen LogP contribution in [-0.2, 0) is 26.1 Å². The van der Waals surface area contributed by atoms with Crippen LogP contribution >= 0.6 is 0 Å². The standard InChI is InChI=1S/C24H29N5O4/c1-4-7-9-14-17-20(30)28(15-16-12-10-8-11-13-16)23-25-19-18(29(23)21(17)31)22(32)27(6-3)24(33)26(19)5-2/h8,10-13,30H,4-7,9,14-15H2,1-3H3. The third-order valence-corrected chi connectivity index (χ3v) is 6.08. The molecule has 0 bridgehead atoms. The van der Waals surface area contributed by atoms with Gasteiger partial charge in [0.05, 0.1) is 12.1 Å². The smallest absolute Gasteiger partial charge is 0.332 e.